The number of fused-ring (bicyclic) bond motifs is 1. The molecule has 4 rings (SSSR count). The number of carbonyl (C=O) groups is 2. The van der Waals surface area contributed by atoms with Crippen molar-refractivity contribution in [3.8, 4) is 5.75 Å². The van der Waals surface area contributed by atoms with Crippen LogP contribution in [0.3, 0.4) is 0 Å². The second-order valence-corrected chi connectivity index (χ2v) is 10.1. The Kier molecular flexibility index (Phi) is 8.13. The second-order valence-electron chi connectivity index (χ2n) is 8.93. The van der Waals surface area contributed by atoms with Crippen LogP contribution in [0.4, 0.5) is 5.69 Å². The number of carbonyl (C=O) groups excluding carboxylic acids is 2. The van der Waals surface area contributed by atoms with Gasteiger partial charge < -0.3 is 24.6 Å². The van der Waals surface area contributed by atoms with Crippen LogP contribution in [0.25, 0.3) is 0 Å². The summed E-state index contributed by atoms with van der Waals surface area (Å²) in [5.41, 5.74) is 1.77. The molecule has 7 nitrogen and oxygen atoms in total. The molecule has 0 radical (unpaired) electrons. The molecule has 1 N–H and O–H groups in total. The molecule has 3 atom stereocenters. The van der Waals surface area contributed by atoms with Gasteiger partial charge in [0.2, 0.25) is 0 Å². The van der Waals surface area contributed by atoms with E-state index in [2.05, 4.69) is 5.32 Å². The Morgan fingerprint density at radius 3 is 2.59 bits per heavy atom. The lowest BCUT2D eigenvalue weighted by atomic mass is 10.0. The average Bonchev–Trinajstić information content (AvgIpc) is 2.98. The van der Waals surface area contributed by atoms with Gasteiger partial charge in [-0.15, -0.1) is 11.8 Å². The van der Waals surface area contributed by atoms with E-state index in [1.54, 1.807) is 23.8 Å². The SMILES string of the molecule is COc1ccc([C@@H]2Sc3ccccc3N(CCN(C)C)C(=O)[C@@H]2OC(=O)C2CCCCN2)cc1. The normalized spacial score (nSPS) is 22.8. The van der Waals surface area contributed by atoms with Crippen molar-refractivity contribution in [2.75, 3.05) is 45.7 Å². The molecule has 0 aliphatic carbocycles. The summed E-state index contributed by atoms with van der Waals surface area (Å²) in [6.07, 6.45) is 1.81. The van der Waals surface area contributed by atoms with Crippen molar-refractivity contribution in [1.82, 2.24) is 10.2 Å². The van der Waals surface area contributed by atoms with Gasteiger partial charge in [0.25, 0.3) is 5.91 Å². The lowest BCUT2D eigenvalue weighted by Gasteiger charge is -2.30. The topological polar surface area (TPSA) is 71.1 Å². The quantitative estimate of drug-likeness (QED) is 0.605. The van der Waals surface area contributed by atoms with Gasteiger partial charge in [-0.05, 0) is 63.3 Å². The largest absolute Gasteiger partial charge is 0.497 e. The zero-order valence-electron chi connectivity index (χ0n) is 20.0. The molecule has 182 valence electrons. The number of thioether (sulfide) groups is 1. The third kappa shape index (κ3) is 5.56. The number of esters is 1. The summed E-state index contributed by atoms with van der Waals surface area (Å²) >= 11 is 1.57. The standard InChI is InChI=1S/C26H33N3O4S/c1-28(2)16-17-29-21-9-4-5-10-22(21)34-24(18-11-13-19(32-3)14-12-18)23(25(29)30)33-26(31)20-8-6-7-15-27-20/h4-5,9-14,20,23-24,27H,6-8,15-17H2,1-3H3/t20?,23-,24+/m1/s1. The Labute approximate surface area is 205 Å². The molecule has 0 bridgehead atoms. The number of hydrogen-bond donors (Lipinski definition) is 1. The number of hydrogen-bond acceptors (Lipinski definition) is 7. The molecule has 2 aliphatic rings. The van der Waals surface area contributed by atoms with Crippen LogP contribution in [0, 0.1) is 0 Å². The number of ether oxygens (including phenoxy) is 2. The van der Waals surface area contributed by atoms with Crippen LogP contribution < -0.4 is 15.0 Å². The first-order valence-corrected chi connectivity index (χ1v) is 12.7. The van der Waals surface area contributed by atoms with Gasteiger partial charge in [-0.1, -0.05) is 30.7 Å². The van der Waals surface area contributed by atoms with E-state index in [0.29, 0.717) is 13.1 Å². The van der Waals surface area contributed by atoms with Crippen molar-refractivity contribution in [3.05, 3.63) is 54.1 Å². The van der Waals surface area contributed by atoms with Gasteiger partial charge in [0.1, 0.15) is 11.8 Å². The number of rotatable bonds is 7. The fourth-order valence-corrected chi connectivity index (χ4v) is 5.64. The van der Waals surface area contributed by atoms with E-state index < -0.39 is 6.10 Å². The van der Waals surface area contributed by atoms with Crippen LogP contribution in [-0.4, -0.2) is 69.8 Å². The number of methoxy groups -OCH3 is 1. The van der Waals surface area contributed by atoms with E-state index in [1.165, 1.54) is 0 Å². The lowest BCUT2D eigenvalue weighted by Crippen LogP contribution is -2.48. The van der Waals surface area contributed by atoms with Crippen molar-refractivity contribution < 1.29 is 19.1 Å². The first-order chi connectivity index (χ1) is 16.5. The van der Waals surface area contributed by atoms with E-state index in [4.69, 9.17) is 9.47 Å². The third-order valence-electron chi connectivity index (χ3n) is 6.25. The monoisotopic (exact) mass is 483 g/mol. The molecule has 8 heteroatoms. The van der Waals surface area contributed by atoms with Crippen molar-refractivity contribution in [1.29, 1.82) is 0 Å². The smallest absolute Gasteiger partial charge is 0.323 e. The minimum atomic E-state index is -0.941. The molecule has 2 heterocycles. The van der Waals surface area contributed by atoms with Crippen LogP contribution in [-0.2, 0) is 14.3 Å². The lowest BCUT2D eigenvalue weighted by molar-refractivity contribution is -0.157. The zero-order chi connectivity index (χ0) is 24.1. The van der Waals surface area contributed by atoms with Gasteiger partial charge in [-0.2, -0.15) is 0 Å². The predicted octanol–water partition coefficient (Wildman–Crippen LogP) is 3.49. The number of anilines is 1. The molecule has 2 aromatic carbocycles. The molecule has 1 saturated heterocycles. The number of piperidine rings is 1. The van der Waals surface area contributed by atoms with Crippen molar-refractivity contribution >= 4 is 29.3 Å². The average molecular weight is 484 g/mol. The molecule has 34 heavy (non-hydrogen) atoms. The number of likely N-dealkylation sites (N-methyl/N-ethyl adjacent to an activating group) is 1. The first kappa shape index (κ1) is 24.6. The van der Waals surface area contributed by atoms with Gasteiger partial charge in [0.05, 0.1) is 18.0 Å². The highest BCUT2D eigenvalue weighted by Crippen LogP contribution is 2.47. The second kappa shape index (κ2) is 11.3. The zero-order valence-corrected chi connectivity index (χ0v) is 20.8. The number of nitrogens with zero attached hydrogens (tertiary/aromatic N) is 2. The van der Waals surface area contributed by atoms with Crippen LogP contribution >= 0.6 is 11.8 Å². The first-order valence-electron chi connectivity index (χ1n) is 11.8. The summed E-state index contributed by atoms with van der Waals surface area (Å²) < 4.78 is 11.4. The fourth-order valence-electron chi connectivity index (χ4n) is 4.32. The highest BCUT2D eigenvalue weighted by Gasteiger charge is 2.42. The Hall–Kier alpha value is -2.55. The maximum Gasteiger partial charge on any atom is 0.323 e. The maximum atomic E-state index is 14.0. The van der Waals surface area contributed by atoms with Crippen molar-refractivity contribution in [2.45, 2.75) is 41.6 Å². The molecule has 0 spiro atoms. The minimum absolute atomic E-state index is 0.190. The van der Waals surface area contributed by atoms with E-state index in [0.717, 1.165) is 47.7 Å². The Morgan fingerprint density at radius 1 is 1.15 bits per heavy atom. The summed E-state index contributed by atoms with van der Waals surface area (Å²) in [5, 5.41) is 2.87. The summed E-state index contributed by atoms with van der Waals surface area (Å²) in [5.74, 6) is 0.196. The molecular weight excluding hydrogens is 450 g/mol. The van der Waals surface area contributed by atoms with Gasteiger partial charge in [0, 0.05) is 18.0 Å². The molecule has 1 fully saturated rings. The number of nitrogens with one attached hydrogen (secondary N) is 1. The minimum Gasteiger partial charge on any atom is -0.497 e. The van der Waals surface area contributed by atoms with Crippen LogP contribution in [0.15, 0.2) is 53.4 Å². The van der Waals surface area contributed by atoms with Crippen LogP contribution in [0.2, 0.25) is 0 Å². The van der Waals surface area contributed by atoms with Crippen LogP contribution in [0.1, 0.15) is 30.1 Å². The summed E-state index contributed by atoms with van der Waals surface area (Å²) in [7, 11) is 5.59. The number of benzene rings is 2. The molecule has 2 aromatic rings. The molecule has 2 aliphatic heterocycles. The fraction of sp³-hybridized carbons (Fsp3) is 0.462. The predicted molar refractivity (Wildman–Crippen MR) is 134 cm³/mol. The molecule has 1 amide bonds. The van der Waals surface area contributed by atoms with Gasteiger partial charge in [-0.25, -0.2) is 0 Å². The number of para-hydroxylation sites is 1. The molecular formula is C26H33N3O4S. The Morgan fingerprint density at radius 2 is 1.91 bits per heavy atom. The third-order valence-corrected chi connectivity index (χ3v) is 7.62. The van der Waals surface area contributed by atoms with E-state index in [9.17, 15) is 9.59 Å². The van der Waals surface area contributed by atoms with Gasteiger partial charge in [0.15, 0.2) is 6.10 Å². The number of amides is 1. The van der Waals surface area contributed by atoms with Gasteiger partial charge in [-0.3, -0.25) is 9.59 Å². The van der Waals surface area contributed by atoms with Crippen molar-refractivity contribution in [2.24, 2.45) is 0 Å². The van der Waals surface area contributed by atoms with Crippen molar-refractivity contribution in [3.63, 3.8) is 0 Å². The molecule has 0 saturated carbocycles. The van der Waals surface area contributed by atoms with E-state index in [-0.39, 0.29) is 23.2 Å². The van der Waals surface area contributed by atoms with E-state index in [1.807, 2.05) is 67.5 Å². The molecule has 0 aromatic heterocycles. The molecule has 1 unspecified atom stereocenters. The maximum absolute atomic E-state index is 14.0. The Balaban J connectivity index is 1.72. The summed E-state index contributed by atoms with van der Waals surface area (Å²) in [4.78, 5) is 32.0. The highest BCUT2D eigenvalue weighted by atomic mass is 32.2. The Bertz CT molecular complexity index is 992. The van der Waals surface area contributed by atoms with E-state index >= 15 is 0 Å². The summed E-state index contributed by atoms with van der Waals surface area (Å²) in [6, 6.07) is 15.2. The van der Waals surface area contributed by atoms with Gasteiger partial charge >= 0.3 is 5.97 Å². The summed E-state index contributed by atoms with van der Waals surface area (Å²) in [6.45, 7) is 1.99. The highest BCUT2D eigenvalue weighted by molar-refractivity contribution is 7.99. The van der Waals surface area contributed by atoms with Crippen LogP contribution in [0.5, 0.6) is 5.75 Å².